The SMILES string of the molecule is C=C(C)[C@@H]1CC[C@]2(C(=O)OCC=C(C)CCC=C(C)CCC=C(C)C)CC[C@]3(C)[C@H](CC[C@@H]4[C@@]5(C)CCC(=O)C(C)(C)[C@@H]5CC[C@]43C)[C@@H]12. The van der Waals surface area contributed by atoms with Gasteiger partial charge in [-0.15, -0.1) is 0 Å². The fourth-order valence-electron chi connectivity index (χ4n) is 13.0. The molecule has 3 nitrogen and oxygen atoms in total. The van der Waals surface area contributed by atoms with E-state index >= 15 is 0 Å². The fourth-order valence-corrected chi connectivity index (χ4v) is 13.0. The van der Waals surface area contributed by atoms with Crippen molar-refractivity contribution in [2.75, 3.05) is 6.61 Å². The number of ether oxygens (including phenoxy) is 1. The number of fused-ring (bicyclic) bond motifs is 7. The van der Waals surface area contributed by atoms with E-state index in [0.717, 1.165) is 70.6 Å². The maximum atomic E-state index is 14.4. The number of rotatable bonds is 10. The number of Topliss-reactive ketones (excluding diaryl/α,β-unsaturated/α-hetero) is 1. The predicted octanol–water partition coefficient (Wildman–Crippen LogP) is 12.2. The van der Waals surface area contributed by atoms with E-state index in [2.05, 4.69) is 94.0 Å². The summed E-state index contributed by atoms with van der Waals surface area (Å²) < 4.78 is 6.25. The number of carbonyl (C=O) groups excluding carboxylic acids is 2. The van der Waals surface area contributed by atoms with Crippen molar-refractivity contribution in [1.82, 2.24) is 0 Å². The zero-order valence-corrected chi connectivity index (χ0v) is 32.7. The number of carbonyl (C=O) groups is 2. The highest BCUT2D eigenvalue weighted by Gasteiger charge is 2.72. The Labute approximate surface area is 294 Å². The highest BCUT2D eigenvalue weighted by atomic mass is 16.5. The van der Waals surface area contributed by atoms with Crippen molar-refractivity contribution in [2.24, 2.45) is 56.7 Å². The van der Waals surface area contributed by atoms with Crippen molar-refractivity contribution >= 4 is 11.8 Å². The molecule has 0 N–H and O–H groups in total. The topological polar surface area (TPSA) is 43.4 Å². The first-order valence-electron chi connectivity index (χ1n) is 19.7. The number of hydrogen-bond donors (Lipinski definition) is 0. The average molecular weight is 659 g/mol. The summed E-state index contributed by atoms with van der Waals surface area (Å²) >= 11 is 0. The van der Waals surface area contributed by atoms with Crippen molar-refractivity contribution in [3.8, 4) is 0 Å². The molecule has 3 heteroatoms. The maximum Gasteiger partial charge on any atom is 0.312 e. The van der Waals surface area contributed by atoms with Crippen molar-refractivity contribution < 1.29 is 14.3 Å². The minimum Gasteiger partial charge on any atom is -0.461 e. The lowest BCUT2D eigenvalue weighted by atomic mass is 9.32. The van der Waals surface area contributed by atoms with Crippen LogP contribution in [0.2, 0.25) is 0 Å². The van der Waals surface area contributed by atoms with Gasteiger partial charge in [0.05, 0.1) is 5.41 Å². The van der Waals surface area contributed by atoms with E-state index in [4.69, 9.17) is 4.74 Å². The number of esters is 1. The van der Waals surface area contributed by atoms with Crippen molar-refractivity contribution in [3.63, 3.8) is 0 Å². The fraction of sp³-hybridized carbons (Fsp3) is 0.778. The molecule has 0 aromatic carbocycles. The Hall–Kier alpha value is -1.90. The molecule has 0 aromatic rings. The first kappa shape index (κ1) is 37.4. The molecule has 0 amide bonds. The normalized spacial score (nSPS) is 40.6. The summed E-state index contributed by atoms with van der Waals surface area (Å²) in [5, 5.41) is 0. The monoisotopic (exact) mass is 659 g/mol. The Morgan fingerprint density at radius 1 is 0.771 bits per heavy atom. The second-order valence-electron chi connectivity index (χ2n) is 19.0. The van der Waals surface area contributed by atoms with E-state index in [-0.39, 0.29) is 33.0 Å². The van der Waals surface area contributed by atoms with Gasteiger partial charge in [0.1, 0.15) is 12.4 Å². The first-order chi connectivity index (χ1) is 22.4. The van der Waals surface area contributed by atoms with Crippen LogP contribution < -0.4 is 0 Å². The van der Waals surface area contributed by atoms with Crippen LogP contribution in [0.1, 0.15) is 159 Å². The summed E-state index contributed by atoms with van der Waals surface area (Å²) in [6.45, 7) is 28.2. The van der Waals surface area contributed by atoms with Gasteiger partial charge in [0.2, 0.25) is 0 Å². The molecular formula is C45H70O3. The molecule has 48 heavy (non-hydrogen) atoms. The Bertz CT molecular complexity index is 1360. The molecule has 268 valence electrons. The molecule has 0 spiro atoms. The second-order valence-corrected chi connectivity index (χ2v) is 19.0. The molecule has 5 fully saturated rings. The number of hydrogen-bond acceptors (Lipinski definition) is 3. The quantitative estimate of drug-likeness (QED) is 0.173. The molecule has 5 rings (SSSR count). The first-order valence-corrected chi connectivity index (χ1v) is 19.7. The molecule has 0 bridgehead atoms. The summed E-state index contributed by atoms with van der Waals surface area (Å²) in [6, 6.07) is 0. The van der Waals surface area contributed by atoms with E-state index in [1.165, 1.54) is 41.6 Å². The van der Waals surface area contributed by atoms with E-state index in [1.807, 2.05) is 0 Å². The smallest absolute Gasteiger partial charge is 0.312 e. The average Bonchev–Trinajstić information content (AvgIpc) is 3.41. The Kier molecular flexibility index (Phi) is 10.6. The van der Waals surface area contributed by atoms with Gasteiger partial charge in [0, 0.05) is 11.8 Å². The van der Waals surface area contributed by atoms with Gasteiger partial charge in [-0.1, -0.05) is 75.6 Å². The molecule has 5 aliphatic carbocycles. The molecular weight excluding hydrogens is 588 g/mol. The van der Waals surface area contributed by atoms with Crippen LogP contribution in [-0.2, 0) is 14.3 Å². The van der Waals surface area contributed by atoms with E-state index < -0.39 is 0 Å². The van der Waals surface area contributed by atoms with Gasteiger partial charge in [0.15, 0.2) is 0 Å². The molecule has 9 atom stereocenters. The molecule has 0 radical (unpaired) electrons. The van der Waals surface area contributed by atoms with Crippen LogP contribution in [0.25, 0.3) is 0 Å². The van der Waals surface area contributed by atoms with E-state index in [1.54, 1.807) is 0 Å². The molecule has 0 saturated heterocycles. The summed E-state index contributed by atoms with van der Waals surface area (Å²) in [4.78, 5) is 27.5. The third-order valence-electron chi connectivity index (χ3n) is 16.0. The second kappa shape index (κ2) is 13.7. The molecule has 0 unspecified atom stereocenters. The predicted molar refractivity (Wildman–Crippen MR) is 200 cm³/mol. The number of ketones is 1. The van der Waals surface area contributed by atoms with Gasteiger partial charge in [-0.2, -0.15) is 0 Å². The maximum absolute atomic E-state index is 14.4. The minimum atomic E-state index is -0.385. The standard InChI is InChI=1S/C45H70O3/c1-30(2)14-12-15-32(5)16-13-17-33(6)23-29-48-40(47)45-26-20-34(31(3)4)39(45)35-18-19-37-42(9)24-22-38(46)41(7,8)36(42)21-25-44(37,11)43(35,10)27-28-45/h14,16,23,34-37,39H,3,12-13,15,17-22,24-29H2,1-2,4-11H3/t34-,35+,36-,37+,39+,42-,43+,44+,45-/m0/s1. The molecule has 0 aliphatic heterocycles. The zero-order valence-electron chi connectivity index (χ0n) is 32.7. The van der Waals surface area contributed by atoms with Crippen molar-refractivity contribution in [1.29, 1.82) is 0 Å². The molecule has 5 saturated carbocycles. The van der Waals surface area contributed by atoms with Gasteiger partial charge < -0.3 is 4.74 Å². The van der Waals surface area contributed by atoms with Crippen LogP contribution >= 0.6 is 0 Å². The van der Waals surface area contributed by atoms with Gasteiger partial charge in [0.25, 0.3) is 0 Å². The minimum absolute atomic E-state index is 0.0628. The van der Waals surface area contributed by atoms with Crippen LogP contribution in [0.5, 0.6) is 0 Å². The van der Waals surface area contributed by atoms with Gasteiger partial charge in [-0.3, -0.25) is 9.59 Å². The highest BCUT2D eigenvalue weighted by molar-refractivity contribution is 5.85. The Morgan fingerprint density at radius 2 is 1.44 bits per heavy atom. The molecule has 0 aromatic heterocycles. The van der Waals surface area contributed by atoms with E-state index in [0.29, 0.717) is 42.0 Å². The zero-order chi connectivity index (χ0) is 35.3. The molecule has 0 heterocycles. The van der Waals surface area contributed by atoms with Crippen molar-refractivity contribution in [2.45, 2.75) is 159 Å². The lowest BCUT2D eigenvalue weighted by molar-refractivity contribution is -0.235. The Balaban J connectivity index is 1.31. The summed E-state index contributed by atoms with van der Waals surface area (Å²) in [5.41, 5.74) is 5.40. The highest BCUT2D eigenvalue weighted by Crippen LogP contribution is 2.77. The largest absolute Gasteiger partial charge is 0.461 e. The van der Waals surface area contributed by atoms with Gasteiger partial charge in [-0.25, -0.2) is 0 Å². The number of allylic oxidation sites excluding steroid dienone is 6. The van der Waals surface area contributed by atoms with Crippen LogP contribution in [0.15, 0.2) is 47.1 Å². The summed E-state index contributed by atoms with van der Waals surface area (Å²) in [7, 11) is 0. The van der Waals surface area contributed by atoms with Crippen molar-refractivity contribution in [3.05, 3.63) is 47.1 Å². The van der Waals surface area contributed by atoms with Crippen LogP contribution in [0.3, 0.4) is 0 Å². The van der Waals surface area contributed by atoms with Crippen LogP contribution in [0.4, 0.5) is 0 Å². The third-order valence-corrected chi connectivity index (χ3v) is 16.0. The van der Waals surface area contributed by atoms with Gasteiger partial charge in [-0.05, 0) is 170 Å². The summed E-state index contributed by atoms with van der Waals surface area (Å²) in [6.07, 6.45) is 21.7. The van der Waals surface area contributed by atoms with Crippen LogP contribution in [-0.4, -0.2) is 18.4 Å². The third kappa shape index (κ3) is 6.18. The van der Waals surface area contributed by atoms with Gasteiger partial charge >= 0.3 is 5.97 Å². The molecule has 5 aliphatic rings. The van der Waals surface area contributed by atoms with E-state index in [9.17, 15) is 9.59 Å². The van der Waals surface area contributed by atoms with Crippen LogP contribution in [0, 0.1) is 56.7 Å². The summed E-state index contributed by atoms with van der Waals surface area (Å²) in [5.74, 6) is 2.86. The Morgan fingerprint density at radius 3 is 2.10 bits per heavy atom. The lowest BCUT2D eigenvalue weighted by Gasteiger charge is -2.72. The lowest BCUT2D eigenvalue weighted by Crippen LogP contribution is -2.66.